The molecule has 0 amide bonds. The molecule has 0 aromatic carbocycles. The molecule has 1 aromatic heterocycles. The molecular formula is C13H19BN2O2. The highest BCUT2D eigenvalue weighted by molar-refractivity contribution is 6.61. The molecule has 0 aliphatic carbocycles. The van der Waals surface area contributed by atoms with E-state index in [1.165, 1.54) is 0 Å². The molecule has 18 heavy (non-hydrogen) atoms. The zero-order valence-electron chi connectivity index (χ0n) is 11.7. The Balaban J connectivity index is 2.22. The molecule has 0 saturated carbocycles. The van der Waals surface area contributed by atoms with Gasteiger partial charge < -0.3 is 9.31 Å². The summed E-state index contributed by atoms with van der Waals surface area (Å²) in [6.45, 7) is 13.8. The SMILES string of the molecule is C=C(C)c1ncc(B2OC(C)(C)C(C)(C)O2)cn1. The summed E-state index contributed by atoms with van der Waals surface area (Å²) in [6.07, 6.45) is 3.47. The largest absolute Gasteiger partial charge is 0.498 e. The Kier molecular flexibility index (Phi) is 3.07. The summed E-state index contributed by atoms with van der Waals surface area (Å²) in [6, 6.07) is 0. The minimum absolute atomic E-state index is 0.343. The van der Waals surface area contributed by atoms with Crippen molar-refractivity contribution in [3.63, 3.8) is 0 Å². The lowest BCUT2D eigenvalue weighted by Gasteiger charge is -2.32. The van der Waals surface area contributed by atoms with Crippen LogP contribution in [0, 0.1) is 0 Å². The molecule has 4 nitrogen and oxygen atoms in total. The summed E-state index contributed by atoms with van der Waals surface area (Å²) in [4.78, 5) is 8.50. The fourth-order valence-electron chi connectivity index (χ4n) is 1.66. The molecule has 2 heterocycles. The Morgan fingerprint density at radius 3 is 1.94 bits per heavy atom. The monoisotopic (exact) mass is 246 g/mol. The standard InChI is InChI=1S/C13H19BN2O2/c1-9(2)11-15-7-10(8-16-11)14-17-12(3,4)13(5,6)18-14/h7-8H,1H2,2-6H3. The van der Waals surface area contributed by atoms with Crippen molar-refractivity contribution in [3.05, 3.63) is 24.8 Å². The van der Waals surface area contributed by atoms with Crippen LogP contribution in [0.2, 0.25) is 0 Å². The molecule has 96 valence electrons. The van der Waals surface area contributed by atoms with E-state index in [1.54, 1.807) is 12.4 Å². The van der Waals surface area contributed by atoms with Gasteiger partial charge >= 0.3 is 7.12 Å². The summed E-state index contributed by atoms with van der Waals surface area (Å²) < 4.78 is 11.9. The molecule has 0 atom stereocenters. The average molecular weight is 246 g/mol. The Labute approximate surface area is 109 Å². The number of rotatable bonds is 2. The first-order valence-electron chi connectivity index (χ1n) is 6.06. The topological polar surface area (TPSA) is 44.2 Å². The maximum atomic E-state index is 5.93. The lowest BCUT2D eigenvalue weighted by Crippen LogP contribution is -2.41. The summed E-state index contributed by atoms with van der Waals surface area (Å²) in [5, 5.41) is 0. The molecule has 0 radical (unpaired) electrons. The molecule has 1 saturated heterocycles. The van der Waals surface area contributed by atoms with Crippen molar-refractivity contribution >= 4 is 18.2 Å². The van der Waals surface area contributed by atoms with Gasteiger partial charge in [-0.05, 0) is 40.2 Å². The Bertz CT molecular complexity index is 452. The maximum Gasteiger partial charge on any atom is 0.498 e. The van der Waals surface area contributed by atoms with Gasteiger partial charge in [0.1, 0.15) is 0 Å². The van der Waals surface area contributed by atoms with Crippen molar-refractivity contribution in [3.8, 4) is 0 Å². The third kappa shape index (κ3) is 2.20. The summed E-state index contributed by atoms with van der Waals surface area (Å²) in [5.74, 6) is 0.648. The molecular weight excluding hydrogens is 227 g/mol. The van der Waals surface area contributed by atoms with Gasteiger partial charge in [0, 0.05) is 17.9 Å². The van der Waals surface area contributed by atoms with Crippen molar-refractivity contribution in [2.45, 2.75) is 45.8 Å². The number of hydrogen-bond acceptors (Lipinski definition) is 4. The number of allylic oxidation sites excluding steroid dienone is 1. The molecule has 1 aromatic rings. The summed E-state index contributed by atoms with van der Waals surface area (Å²) in [7, 11) is -0.408. The van der Waals surface area contributed by atoms with Crippen LogP contribution in [-0.4, -0.2) is 28.3 Å². The third-order valence-corrected chi connectivity index (χ3v) is 3.58. The van der Waals surface area contributed by atoms with E-state index >= 15 is 0 Å². The Morgan fingerprint density at radius 2 is 1.56 bits per heavy atom. The zero-order valence-corrected chi connectivity index (χ0v) is 11.7. The van der Waals surface area contributed by atoms with E-state index in [1.807, 2.05) is 34.6 Å². The van der Waals surface area contributed by atoms with Gasteiger partial charge in [0.2, 0.25) is 0 Å². The van der Waals surface area contributed by atoms with Crippen LogP contribution in [-0.2, 0) is 9.31 Å². The third-order valence-electron chi connectivity index (χ3n) is 3.58. The van der Waals surface area contributed by atoms with Crippen molar-refractivity contribution in [1.82, 2.24) is 9.97 Å². The van der Waals surface area contributed by atoms with Crippen LogP contribution in [0.5, 0.6) is 0 Å². The average Bonchev–Trinajstić information content (AvgIpc) is 2.48. The van der Waals surface area contributed by atoms with Gasteiger partial charge in [-0.15, -0.1) is 0 Å². The fraction of sp³-hybridized carbons (Fsp3) is 0.538. The van der Waals surface area contributed by atoms with E-state index in [0.717, 1.165) is 11.0 Å². The second-order valence-corrected chi connectivity index (χ2v) is 5.71. The first-order valence-corrected chi connectivity index (χ1v) is 6.06. The summed E-state index contributed by atoms with van der Waals surface area (Å²) >= 11 is 0. The van der Waals surface area contributed by atoms with Crippen molar-refractivity contribution < 1.29 is 9.31 Å². The minimum Gasteiger partial charge on any atom is -0.399 e. The Morgan fingerprint density at radius 1 is 1.11 bits per heavy atom. The van der Waals surface area contributed by atoms with E-state index in [-0.39, 0.29) is 11.2 Å². The molecule has 0 spiro atoms. The van der Waals surface area contributed by atoms with Crippen LogP contribution in [0.15, 0.2) is 19.0 Å². The smallest absolute Gasteiger partial charge is 0.399 e. The van der Waals surface area contributed by atoms with Gasteiger partial charge in [-0.1, -0.05) is 6.58 Å². The van der Waals surface area contributed by atoms with E-state index in [0.29, 0.717) is 5.82 Å². The molecule has 0 bridgehead atoms. The molecule has 2 rings (SSSR count). The molecule has 0 unspecified atom stereocenters. The number of nitrogens with zero attached hydrogens (tertiary/aromatic N) is 2. The lowest BCUT2D eigenvalue weighted by atomic mass is 9.81. The van der Waals surface area contributed by atoms with Crippen LogP contribution < -0.4 is 5.46 Å². The molecule has 1 aliphatic rings. The highest BCUT2D eigenvalue weighted by Crippen LogP contribution is 2.36. The minimum atomic E-state index is -0.408. The Hall–Kier alpha value is -1.20. The maximum absolute atomic E-state index is 5.93. The van der Waals surface area contributed by atoms with E-state index in [4.69, 9.17) is 9.31 Å². The van der Waals surface area contributed by atoms with Crippen LogP contribution in [0.3, 0.4) is 0 Å². The molecule has 5 heteroatoms. The normalized spacial score (nSPS) is 21.1. The predicted octanol–water partition coefficient (Wildman–Crippen LogP) is 1.81. The summed E-state index contributed by atoms with van der Waals surface area (Å²) in [5.41, 5.74) is 0.990. The van der Waals surface area contributed by atoms with Crippen molar-refractivity contribution in [2.75, 3.05) is 0 Å². The van der Waals surface area contributed by atoms with Gasteiger partial charge in [-0.25, -0.2) is 9.97 Å². The van der Waals surface area contributed by atoms with E-state index in [2.05, 4.69) is 16.5 Å². The van der Waals surface area contributed by atoms with E-state index in [9.17, 15) is 0 Å². The molecule has 0 N–H and O–H groups in total. The first-order chi connectivity index (χ1) is 8.23. The van der Waals surface area contributed by atoms with Gasteiger partial charge in [0.15, 0.2) is 5.82 Å². The predicted molar refractivity (Wildman–Crippen MR) is 72.5 cm³/mol. The second kappa shape index (κ2) is 4.18. The second-order valence-electron chi connectivity index (χ2n) is 5.71. The first kappa shape index (κ1) is 13.2. The number of hydrogen-bond donors (Lipinski definition) is 0. The van der Waals surface area contributed by atoms with Gasteiger partial charge in [-0.2, -0.15) is 0 Å². The van der Waals surface area contributed by atoms with Gasteiger partial charge in [-0.3, -0.25) is 0 Å². The fourth-order valence-corrected chi connectivity index (χ4v) is 1.66. The zero-order chi connectivity index (χ0) is 13.6. The lowest BCUT2D eigenvalue weighted by molar-refractivity contribution is 0.00578. The molecule has 1 fully saturated rings. The van der Waals surface area contributed by atoms with Crippen LogP contribution in [0.4, 0.5) is 0 Å². The number of aromatic nitrogens is 2. The van der Waals surface area contributed by atoms with Crippen molar-refractivity contribution in [2.24, 2.45) is 0 Å². The quantitative estimate of drug-likeness (QED) is 0.746. The van der Waals surface area contributed by atoms with Crippen molar-refractivity contribution in [1.29, 1.82) is 0 Å². The van der Waals surface area contributed by atoms with Crippen LogP contribution in [0.25, 0.3) is 5.57 Å². The highest BCUT2D eigenvalue weighted by Gasteiger charge is 2.51. The van der Waals surface area contributed by atoms with Gasteiger partial charge in [0.05, 0.1) is 11.2 Å². The van der Waals surface area contributed by atoms with Crippen LogP contribution in [0.1, 0.15) is 40.4 Å². The van der Waals surface area contributed by atoms with E-state index < -0.39 is 7.12 Å². The molecule has 1 aliphatic heterocycles. The van der Waals surface area contributed by atoms with Gasteiger partial charge in [0.25, 0.3) is 0 Å². The highest BCUT2D eigenvalue weighted by atomic mass is 16.7. The van der Waals surface area contributed by atoms with Crippen LogP contribution >= 0.6 is 0 Å².